The Kier molecular flexibility index (Phi) is 3.13. The molecule has 0 unspecified atom stereocenters. The minimum absolute atomic E-state index is 0.244. The highest BCUT2D eigenvalue weighted by Crippen LogP contribution is 2.32. The topological polar surface area (TPSA) is 57.8 Å². The third-order valence-corrected chi connectivity index (χ3v) is 3.08. The minimum Gasteiger partial charge on any atom is -0.508 e. The number of azo groups is 1. The van der Waals surface area contributed by atoms with E-state index in [1.807, 2.05) is 37.3 Å². The van der Waals surface area contributed by atoms with Crippen LogP contribution >= 0.6 is 0 Å². The Hall–Kier alpha value is -2.75. The molecule has 0 fully saturated rings. The van der Waals surface area contributed by atoms with Crippen molar-refractivity contribution in [3.05, 3.63) is 60.3 Å². The smallest absolute Gasteiger partial charge is 0.174 e. The van der Waals surface area contributed by atoms with Crippen molar-refractivity contribution in [1.29, 1.82) is 0 Å². The van der Waals surface area contributed by atoms with Gasteiger partial charge < -0.3 is 5.11 Å². The summed E-state index contributed by atoms with van der Waals surface area (Å²) in [6.07, 6.45) is 1.68. The summed E-state index contributed by atoms with van der Waals surface area (Å²) in [7, 11) is 0. The molecular weight excluding hydrogens is 250 g/mol. The summed E-state index contributed by atoms with van der Waals surface area (Å²) in [4.78, 5) is 4.12. The van der Waals surface area contributed by atoms with E-state index in [4.69, 9.17) is 0 Å². The van der Waals surface area contributed by atoms with Crippen LogP contribution in [0, 0.1) is 6.92 Å². The molecule has 0 aliphatic carbocycles. The van der Waals surface area contributed by atoms with E-state index in [0.29, 0.717) is 5.82 Å². The Morgan fingerprint density at radius 2 is 1.90 bits per heavy atom. The third kappa shape index (κ3) is 2.36. The molecule has 98 valence electrons. The SMILES string of the molecule is Cc1ccc2cc(O)ccc2c1N=Nc1ccccn1. The Bertz CT molecular complexity index is 782. The van der Waals surface area contributed by atoms with Gasteiger partial charge in [0.15, 0.2) is 5.82 Å². The number of nitrogens with zero attached hydrogens (tertiary/aromatic N) is 3. The van der Waals surface area contributed by atoms with Gasteiger partial charge in [-0.2, -0.15) is 0 Å². The van der Waals surface area contributed by atoms with Crippen LogP contribution < -0.4 is 0 Å². The molecule has 0 amide bonds. The van der Waals surface area contributed by atoms with Gasteiger partial charge in [-0.1, -0.05) is 18.2 Å². The molecule has 0 aliphatic heterocycles. The number of fused-ring (bicyclic) bond motifs is 1. The molecule has 0 bridgehead atoms. The second-order valence-corrected chi connectivity index (χ2v) is 4.52. The summed E-state index contributed by atoms with van der Waals surface area (Å²) in [5, 5.41) is 19.9. The van der Waals surface area contributed by atoms with E-state index in [0.717, 1.165) is 22.0 Å². The highest BCUT2D eigenvalue weighted by molar-refractivity contribution is 5.94. The fourth-order valence-electron chi connectivity index (χ4n) is 2.06. The standard InChI is InChI=1S/C16H13N3O/c1-11-5-6-12-10-13(20)7-8-14(12)16(11)19-18-15-4-2-3-9-17-15/h2-10,20H,1H3. The maximum Gasteiger partial charge on any atom is 0.174 e. The normalized spacial score (nSPS) is 11.2. The molecular formula is C16H13N3O. The molecule has 1 aromatic heterocycles. The Balaban J connectivity index is 2.11. The molecule has 0 saturated carbocycles. The lowest BCUT2D eigenvalue weighted by molar-refractivity contribution is 0.476. The van der Waals surface area contributed by atoms with E-state index < -0.39 is 0 Å². The Labute approximate surface area is 116 Å². The monoisotopic (exact) mass is 263 g/mol. The van der Waals surface area contributed by atoms with Gasteiger partial charge >= 0.3 is 0 Å². The molecule has 3 rings (SSSR count). The number of aromatic nitrogens is 1. The van der Waals surface area contributed by atoms with E-state index in [-0.39, 0.29) is 5.75 Å². The fraction of sp³-hybridized carbons (Fsp3) is 0.0625. The molecule has 0 spiro atoms. The third-order valence-electron chi connectivity index (χ3n) is 3.08. The van der Waals surface area contributed by atoms with Gasteiger partial charge in [-0.25, -0.2) is 4.98 Å². The summed E-state index contributed by atoms with van der Waals surface area (Å²) in [5.74, 6) is 0.816. The average molecular weight is 263 g/mol. The van der Waals surface area contributed by atoms with Gasteiger partial charge in [-0.3, -0.25) is 0 Å². The van der Waals surface area contributed by atoms with Crippen LogP contribution in [0.25, 0.3) is 10.8 Å². The largest absolute Gasteiger partial charge is 0.508 e. The molecule has 0 aliphatic rings. The van der Waals surface area contributed by atoms with Gasteiger partial charge in [-0.15, -0.1) is 10.2 Å². The summed E-state index contributed by atoms with van der Waals surface area (Å²) >= 11 is 0. The van der Waals surface area contributed by atoms with Crippen LogP contribution in [-0.2, 0) is 0 Å². The molecule has 1 N–H and O–H groups in total. The molecule has 0 saturated heterocycles. The van der Waals surface area contributed by atoms with E-state index >= 15 is 0 Å². The van der Waals surface area contributed by atoms with Crippen molar-refractivity contribution in [3.8, 4) is 5.75 Å². The maximum atomic E-state index is 9.53. The van der Waals surface area contributed by atoms with E-state index in [1.165, 1.54) is 0 Å². The summed E-state index contributed by atoms with van der Waals surface area (Å²) < 4.78 is 0. The van der Waals surface area contributed by atoms with E-state index in [9.17, 15) is 5.11 Å². The molecule has 0 radical (unpaired) electrons. The van der Waals surface area contributed by atoms with Crippen LogP contribution in [0.5, 0.6) is 5.75 Å². The van der Waals surface area contributed by atoms with Crippen LogP contribution in [0.4, 0.5) is 11.5 Å². The summed E-state index contributed by atoms with van der Waals surface area (Å²) in [5.41, 5.74) is 1.83. The van der Waals surface area contributed by atoms with Crippen molar-refractivity contribution in [2.75, 3.05) is 0 Å². The molecule has 1 heterocycles. The van der Waals surface area contributed by atoms with Gasteiger partial charge in [-0.05, 0) is 48.2 Å². The van der Waals surface area contributed by atoms with Crippen molar-refractivity contribution >= 4 is 22.3 Å². The van der Waals surface area contributed by atoms with E-state index in [1.54, 1.807) is 24.4 Å². The molecule has 4 nitrogen and oxygen atoms in total. The first-order valence-corrected chi connectivity index (χ1v) is 6.29. The number of pyridine rings is 1. The first-order valence-electron chi connectivity index (χ1n) is 6.29. The van der Waals surface area contributed by atoms with Crippen LogP contribution in [-0.4, -0.2) is 10.1 Å². The zero-order valence-corrected chi connectivity index (χ0v) is 11.0. The van der Waals surface area contributed by atoms with E-state index in [2.05, 4.69) is 15.2 Å². The first kappa shape index (κ1) is 12.3. The lowest BCUT2D eigenvalue weighted by atomic mass is 10.0. The van der Waals surface area contributed by atoms with Crippen LogP contribution in [0.3, 0.4) is 0 Å². The quantitative estimate of drug-likeness (QED) is 0.683. The fourth-order valence-corrected chi connectivity index (χ4v) is 2.06. The highest BCUT2D eigenvalue weighted by atomic mass is 16.3. The predicted octanol–water partition coefficient (Wildman–Crippen LogP) is 4.66. The number of hydrogen-bond acceptors (Lipinski definition) is 4. The molecule has 20 heavy (non-hydrogen) atoms. The van der Waals surface area contributed by atoms with Crippen LogP contribution in [0.15, 0.2) is 65.0 Å². The van der Waals surface area contributed by atoms with Gasteiger partial charge in [0, 0.05) is 11.6 Å². The lowest BCUT2D eigenvalue weighted by Gasteiger charge is -2.05. The Morgan fingerprint density at radius 1 is 1.00 bits per heavy atom. The lowest BCUT2D eigenvalue weighted by Crippen LogP contribution is -1.79. The number of hydrogen-bond donors (Lipinski definition) is 1. The van der Waals surface area contributed by atoms with Crippen molar-refractivity contribution in [1.82, 2.24) is 4.98 Å². The number of rotatable bonds is 2. The molecule has 0 atom stereocenters. The van der Waals surface area contributed by atoms with Crippen molar-refractivity contribution in [2.24, 2.45) is 10.2 Å². The predicted molar refractivity (Wildman–Crippen MR) is 78.8 cm³/mol. The van der Waals surface area contributed by atoms with Crippen molar-refractivity contribution in [2.45, 2.75) is 6.92 Å². The maximum absolute atomic E-state index is 9.53. The molecule has 2 aromatic carbocycles. The zero-order chi connectivity index (χ0) is 13.9. The van der Waals surface area contributed by atoms with Gasteiger partial charge in [0.05, 0.1) is 5.69 Å². The van der Waals surface area contributed by atoms with Crippen molar-refractivity contribution in [3.63, 3.8) is 0 Å². The highest BCUT2D eigenvalue weighted by Gasteiger charge is 2.05. The number of phenols is 1. The molecule has 4 heteroatoms. The number of aromatic hydroxyl groups is 1. The number of benzene rings is 2. The summed E-state index contributed by atoms with van der Waals surface area (Å²) in [6, 6.07) is 14.7. The van der Waals surface area contributed by atoms with Crippen molar-refractivity contribution < 1.29 is 5.11 Å². The van der Waals surface area contributed by atoms with Gasteiger partial charge in [0.1, 0.15) is 5.75 Å². The van der Waals surface area contributed by atoms with Crippen LogP contribution in [0.2, 0.25) is 0 Å². The summed E-state index contributed by atoms with van der Waals surface area (Å²) in [6.45, 7) is 1.99. The van der Waals surface area contributed by atoms with Gasteiger partial charge in [0.2, 0.25) is 0 Å². The number of phenolic OH excluding ortho intramolecular Hbond substituents is 1. The minimum atomic E-state index is 0.244. The first-order chi connectivity index (χ1) is 9.74. The molecule has 3 aromatic rings. The average Bonchev–Trinajstić information content (AvgIpc) is 2.47. The second-order valence-electron chi connectivity index (χ2n) is 4.52. The van der Waals surface area contributed by atoms with Crippen LogP contribution in [0.1, 0.15) is 5.56 Å². The van der Waals surface area contributed by atoms with Gasteiger partial charge in [0.25, 0.3) is 0 Å². The second kappa shape index (κ2) is 5.09. The zero-order valence-electron chi connectivity index (χ0n) is 11.0. The Morgan fingerprint density at radius 3 is 2.70 bits per heavy atom. The number of aryl methyl sites for hydroxylation is 1.